The van der Waals surface area contributed by atoms with Crippen molar-refractivity contribution in [1.82, 2.24) is 14.8 Å². The Bertz CT molecular complexity index is 431. The molecular weight excluding hydrogens is 264 g/mol. The van der Waals surface area contributed by atoms with E-state index < -0.39 is 5.54 Å². The largest absolute Gasteiger partial charge is 0.468 e. The lowest BCUT2D eigenvalue weighted by atomic mass is 9.97. The van der Waals surface area contributed by atoms with Crippen molar-refractivity contribution in [3.8, 4) is 0 Å². The number of nitrogens with two attached hydrogens (primary N) is 1. The van der Waals surface area contributed by atoms with Gasteiger partial charge in [0.05, 0.1) is 7.11 Å². The monoisotopic (exact) mass is 286 g/mol. The van der Waals surface area contributed by atoms with Gasteiger partial charge in [0.2, 0.25) is 0 Å². The summed E-state index contributed by atoms with van der Waals surface area (Å²) in [5.74, 6) is 1.48. The third-order valence-electron chi connectivity index (χ3n) is 3.03. The van der Waals surface area contributed by atoms with Gasteiger partial charge in [0.1, 0.15) is 11.4 Å². The topological polar surface area (TPSA) is 83.0 Å². The summed E-state index contributed by atoms with van der Waals surface area (Å²) in [6.45, 7) is 3.63. The van der Waals surface area contributed by atoms with E-state index in [1.807, 2.05) is 18.5 Å². The summed E-state index contributed by atoms with van der Waals surface area (Å²) in [4.78, 5) is 11.4. The number of hydrogen-bond acceptors (Lipinski definition) is 6. The molecule has 7 heteroatoms. The van der Waals surface area contributed by atoms with Crippen LogP contribution in [0.2, 0.25) is 0 Å². The van der Waals surface area contributed by atoms with Gasteiger partial charge in [-0.25, -0.2) is 0 Å². The molecule has 1 unspecified atom stereocenters. The van der Waals surface area contributed by atoms with Crippen molar-refractivity contribution in [2.45, 2.75) is 43.8 Å². The molecule has 0 spiro atoms. The molecule has 1 heterocycles. The zero-order valence-corrected chi connectivity index (χ0v) is 12.8. The number of esters is 1. The van der Waals surface area contributed by atoms with Crippen molar-refractivity contribution in [1.29, 1.82) is 0 Å². The minimum absolute atomic E-state index is 0.357. The summed E-state index contributed by atoms with van der Waals surface area (Å²) in [6, 6.07) is 0. The number of nitrogens with zero attached hydrogens (tertiary/aromatic N) is 3. The van der Waals surface area contributed by atoms with E-state index in [0.29, 0.717) is 6.42 Å². The fourth-order valence-electron chi connectivity index (χ4n) is 1.61. The molecule has 2 N–H and O–H groups in total. The molecule has 1 rings (SSSR count). The highest BCUT2D eigenvalue weighted by molar-refractivity contribution is 7.99. The normalized spacial score (nSPS) is 14.2. The highest BCUT2D eigenvalue weighted by Crippen LogP contribution is 2.19. The van der Waals surface area contributed by atoms with Crippen LogP contribution in [0.15, 0.2) is 5.16 Å². The molecule has 1 aromatic rings. The van der Waals surface area contributed by atoms with Gasteiger partial charge in [-0.3, -0.25) is 4.79 Å². The number of carbonyl (C=O) groups is 1. The molecule has 0 aliphatic carbocycles. The Labute approximate surface area is 118 Å². The first-order valence-corrected chi connectivity index (χ1v) is 7.23. The van der Waals surface area contributed by atoms with Crippen molar-refractivity contribution < 1.29 is 9.53 Å². The summed E-state index contributed by atoms with van der Waals surface area (Å²) in [6.07, 6.45) is 2.48. The summed E-state index contributed by atoms with van der Waals surface area (Å²) in [7, 11) is 3.31. The fraction of sp³-hybridized carbons (Fsp3) is 0.750. The minimum atomic E-state index is -0.888. The third-order valence-corrected chi connectivity index (χ3v) is 4.13. The highest BCUT2D eigenvalue weighted by atomic mass is 32.2. The lowest BCUT2D eigenvalue weighted by Gasteiger charge is -2.20. The first-order valence-electron chi connectivity index (χ1n) is 6.24. The van der Waals surface area contributed by atoms with Gasteiger partial charge in [0.15, 0.2) is 5.16 Å². The maximum absolute atomic E-state index is 11.4. The molecule has 0 aliphatic rings. The van der Waals surface area contributed by atoms with Crippen molar-refractivity contribution in [3.63, 3.8) is 0 Å². The van der Waals surface area contributed by atoms with Crippen LogP contribution in [0.5, 0.6) is 0 Å². The van der Waals surface area contributed by atoms with Gasteiger partial charge in [-0.15, -0.1) is 10.2 Å². The van der Waals surface area contributed by atoms with E-state index in [2.05, 4.69) is 14.9 Å². The Hall–Kier alpha value is -1.08. The molecule has 0 aromatic carbocycles. The molecule has 0 aliphatic heterocycles. The van der Waals surface area contributed by atoms with Gasteiger partial charge >= 0.3 is 5.97 Å². The second-order valence-corrected chi connectivity index (χ2v) is 5.87. The van der Waals surface area contributed by atoms with E-state index in [-0.39, 0.29) is 5.97 Å². The minimum Gasteiger partial charge on any atom is -0.468 e. The maximum atomic E-state index is 11.4. The van der Waals surface area contributed by atoms with Crippen LogP contribution in [-0.2, 0) is 16.6 Å². The van der Waals surface area contributed by atoms with Crippen LogP contribution in [0.1, 0.15) is 32.0 Å². The van der Waals surface area contributed by atoms with Gasteiger partial charge in [-0.2, -0.15) is 0 Å². The van der Waals surface area contributed by atoms with E-state index in [0.717, 1.165) is 29.6 Å². The van der Waals surface area contributed by atoms with Gasteiger partial charge in [0.25, 0.3) is 0 Å². The Morgan fingerprint density at radius 3 is 2.68 bits per heavy atom. The number of ether oxygens (including phenoxy) is 1. The Balaban J connectivity index is 2.25. The molecule has 0 amide bonds. The SMILES string of the molecule is COC(=O)C(C)(N)CCCCSc1nnc(C)n1C. The van der Waals surface area contributed by atoms with Gasteiger partial charge in [0, 0.05) is 12.8 Å². The van der Waals surface area contributed by atoms with E-state index in [1.165, 1.54) is 7.11 Å². The number of aromatic nitrogens is 3. The number of aryl methyl sites for hydroxylation is 1. The van der Waals surface area contributed by atoms with Gasteiger partial charge in [-0.05, 0) is 26.7 Å². The summed E-state index contributed by atoms with van der Waals surface area (Å²) in [5, 5.41) is 9.00. The Morgan fingerprint density at radius 1 is 1.47 bits per heavy atom. The van der Waals surface area contributed by atoms with Crippen molar-refractivity contribution in [2.75, 3.05) is 12.9 Å². The van der Waals surface area contributed by atoms with E-state index in [1.54, 1.807) is 18.7 Å². The highest BCUT2D eigenvalue weighted by Gasteiger charge is 2.28. The molecular formula is C12H22N4O2S. The molecule has 108 valence electrons. The molecule has 0 saturated heterocycles. The molecule has 1 atom stereocenters. The molecule has 0 fully saturated rings. The molecule has 19 heavy (non-hydrogen) atoms. The zero-order valence-electron chi connectivity index (χ0n) is 12.0. The van der Waals surface area contributed by atoms with Crippen molar-refractivity contribution >= 4 is 17.7 Å². The smallest absolute Gasteiger partial charge is 0.325 e. The van der Waals surface area contributed by atoms with E-state index in [4.69, 9.17) is 5.73 Å². The Morgan fingerprint density at radius 2 is 2.16 bits per heavy atom. The second-order valence-electron chi connectivity index (χ2n) is 4.80. The number of carbonyl (C=O) groups excluding carboxylic acids is 1. The van der Waals surface area contributed by atoms with Gasteiger partial charge in [-0.1, -0.05) is 18.2 Å². The van der Waals surface area contributed by atoms with E-state index >= 15 is 0 Å². The summed E-state index contributed by atoms with van der Waals surface area (Å²) < 4.78 is 6.63. The van der Waals surface area contributed by atoms with Crippen molar-refractivity contribution in [2.24, 2.45) is 12.8 Å². The predicted octanol–water partition coefficient (Wildman–Crippen LogP) is 1.28. The predicted molar refractivity (Wildman–Crippen MR) is 74.9 cm³/mol. The Kier molecular flexibility index (Phi) is 5.81. The van der Waals surface area contributed by atoms with Crippen LogP contribution in [0.3, 0.4) is 0 Å². The van der Waals surface area contributed by atoms with Crippen LogP contribution < -0.4 is 5.73 Å². The number of rotatable bonds is 7. The average molecular weight is 286 g/mol. The molecule has 0 bridgehead atoms. The van der Waals surface area contributed by atoms with Crippen molar-refractivity contribution in [3.05, 3.63) is 5.82 Å². The molecule has 0 radical (unpaired) electrons. The molecule has 6 nitrogen and oxygen atoms in total. The zero-order chi connectivity index (χ0) is 14.5. The number of methoxy groups -OCH3 is 1. The number of unbranched alkanes of at least 4 members (excludes halogenated alkanes) is 1. The van der Waals surface area contributed by atoms with Crippen LogP contribution in [-0.4, -0.2) is 39.1 Å². The standard InChI is InChI=1S/C12H22N4O2S/c1-9-14-15-11(16(9)3)19-8-6-5-7-12(2,13)10(17)18-4/h5-8,13H2,1-4H3. The van der Waals surface area contributed by atoms with Crippen LogP contribution >= 0.6 is 11.8 Å². The lowest BCUT2D eigenvalue weighted by molar-refractivity contribution is -0.146. The first kappa shape index (κ1) is 16.0. The molecule has 0 saturated carbocycles. The van der Waals surface area contributed by atoms with Crippen LogP contribution in [0.4, 0.5) is 0 Å². The van der Waals surface area contributed by atoms with Crippen LogP contribution in [0.25, 0.3) is 0 Å². The first-order chi connectivity index (χ1) is 8.88. The number of hydrogen-bond donors (Lipinski definition) is 1. The molecule has 1 aromatic heterocycles. The quantitative estimate of drug-likeness (QED) is 0.462. The van der Waals surface area contributed by atoms with Crippen LogP contribution in [0, 0.1) is 6.92 Å². The second kappa shape index (κ2) is 6.91. The third kappa shape index (κ3) is 4.50. The number of thioether (sulfide) groups is 1. The summed E-state index contributed by atoms with van der Waals surface area (Å²) >= 11 is 1.66. The average Bonchev–Trinajstić information content (AvgIpc) is 2.69. The van der Waals surface area contributed by atoms with Gasteiger partial charge < -0.3 is 15.0 Å². The van der Waals surface area contributed by atoms with E-state index in [9.17, 15) is 4.79 Å². The summed E-state index contributed by atoms with van der Waals surface area (Å²) in [5.41, 5.74) is 5.00. The fourth-order valence-corrected chi connectivity index (χ4v) is 2.56. The lowest BCUT2D eigenvalue weighted by Crippen LogP contribution is -2.45. The maximum Gasteiger partial charge on any atom is 0.325 e.